The van der Waals surface area contributed by atoms with Gasteiger partial charge in [-0.15, -0.1) is 0 Å². The van der Waals surface area contributed by atoms with Crippen LogP contribution in [0.4, 0.5) is 0 Å². The van der Waals surface area contributed by atoms with Gasteiger partial charge in [0, 0.05) is 18.6 Å². The molecular formula is C15H24N2O3. The van der Waals surface area contributed by atoms with Crippen molar-refractivity contribution in [3.63, 3.8) is 0 Å². The van der Waals surface area contributed by atoms with Crippen LogP contribution < -0.4 is 5.32 Å². The van der Waals surface area contributed by atoms with Gasteiger partial charge in [-0.25, -0.2) is 0 Å². The maximum atomic E-state index is 12.7. The number of carboxylic acids is 1. The highest BCUT2D eigenvalue weighted by Crippen LogP contribution is 2.35. The van der Waals surface area contributed by atoms with Gasteiger partial charge in [-0.2, -0.15) is 0 Å². The molecule has 3 rings (SSSR count). The number of amides is 1. The number of rotatable bonds is 5. The number of nitrogens with one attached hydrogen (secondary N) is 1. The highest BCUT2D eigenvalue weighted by molar-refractivity contribution is 5.83. The summed E-state index contributed by atoms with van der Waals surface area (Å²) >= 11 is 0. The molecule has 3 atom stereocenters. The Kier molecular flexibility index (Phi) is 3.96. The van der Waals surface area contributed by atoms with Gasteiger partial charge in [0.15, 0.2) is 0 Å². The second-order valence-electron chi connectivity index (χ2n) is 6.51. The highest BCUT2D eigenvalue weighted by atomic mass is 16.4. The summed E-state index contributed by atoms with van der Waals surface area (Å²) in [7, 11) is 0. The number of carbonyl (C=O) groups excluding carboxylic acids is 1. The van der Waals surface area contributed by atoms with Crippen molar-refractivity contribution in [2.45, 2.75) is 69.5 Å². The van der Waals surface area contributed by atoms with E-state index in [0.717, 1.165) is 19.3 Å². The molecule has 5 heteroatoms. The van der Waals surface area contributed by atoms with Crippen molar-refractivity contribution in [3.8, 4) is 0 Å². The molecule has 5 nitrogen and oxygen atoms in total. The molecule has 1 aliphatic heterocycles. The van der Waals surface area contributed by atoms with Gasteiger partial charge in [0.1, 0.15) is 0 Å². The monoisotopic (exact) mass is 280 g/mol. The molecule has 3 unspecified atom stereocenters. The SMILES string of the molecule is O=C(O)CCN(C(=O)C1CC2CCCCC2N1)C1CC1. The minimum atomic E-state index is -0.823. The third-order valence-electron chi connectivity index (χ3n) is 5.00. The third kappa shape index (κ3) is 2.97. The smallest absolute Gasteiger partial charge is 0.305 e. The molecular weight excluding hydrogens is 256 g/mol. The van der Waals surface area contributed by atoms with Gasteiger partial charge in [-0.05, 0) is 38.0 Å². The lowest BCUT2D eigenvalue weighted by Crippen LogP contribution is -2.47. The molecule has 2 N–H and O–H groups in total. The summed E-state index contributed by atoms with van der Waals surface area (Å²) < 4.78 is 0. The minimum Gasteiger partial charge on any atom is -0.481 e. The van der Waals surface area contributed by atoms with Gasteiger partial charge in [0.25, 0.3) is 0 Å². The van der Waals surface area contributed by atoms with Crippen molar-refractivity contribution >= 4 is 11.9 Å². The van der Waals surface area contributed by atoms with E-state index in [0.29, 0.717) is 24.5 Å². The largest absolute Gasteiger partial charge is 0.481 e. The fourth-order valence-corrected chi connectivity index (χ4v) is 3.79. The molecule has 2 aliphatic carbocycles. The Balaban J connectivity index is 1.59. The van der Waals surface area contributed by atoms with Crippen molar-refractivity contribution < 1.29 is 14.7 Å². The number of nitrogens with zero attached hydrogens (tertiary/aromatic N) is 1. The van der Waals surface area contributed by atoms with E-state index in [9.17, 15) is 9.59 Å². The van der Waals surface area contributed by atoms with Crippen molar-refractivity contribution in [2.75, 3.05) is 6.54 Å². The zero-order chi connectivity index (χ0) is 14.1. The zero-order valence-corrected chi connectivity index (χ0v) is 11.9. The first-order valence-corrected chi connectivity index (χ1v) is 7.93. The maximum absolute atomic E-state index is 12.7. The van der Waals surface area contributed by atoms with Crippen LogP contribution in [0.3, 0.4) is 0 Å². The van der Waals surface area contributed by atoms with Crippen molar-refractivity contribution in [1.29, 1.82) is 0 Å². The van der Waals surface area contributed by atoms with Crippen LogP contribution in [0.5, 0.6) is 0 Å². The predicted molar refractivity (Wildman–Crippen MR) is 74.3 cm³/mol. The van der Waals surface area contributed by atoms with Gasteiger partial charge in [-0.3, -0.25) is 9.59 Å². The Labute approximate surface area is 119 Å². The second-order valence-corrected chi connectivity index (χ2v) is 6.51. The summed E-state index contributed by atoms with van der Waals surface area (Å²) in [6.07, 6.45) is 8.04. The van der Waals surface area contributed by atoms with E-state index in [-0.39, 0.29) is 18.4 Å². The van der Waals surface area contributed by atoms with E-state index in [1.807, 2.05) is 4.90 Å². The van der Waals surface area contributed by atoms with E-state index < -0.39 is 5.97 Å². The molecule has 3 fully saturated rings. The average molecular weight is 280 g/mol. The molecule has 20 heavy (non-hydrogen) atoms. The van der Waals surface area contributed by atoms with E-state index in [2.05, 4.69) is 5.32 Å². The van der Waals surface area contributed by atoms with Gasteiger partial charge in [0.2, 0.25) is 5.91 Å². The number of carbonyl (C=O) groups is 2. The molecule has 112 valence electrons. The van der Waals surface area contributed by atoms with E-state index in [1.54, 1.807) is 0 Å². The lowest BCUT2D eigenvalue weighted by atomic mass is 9.85. The Morgan fingerprint density at radius 1 is 1.15 bits per heavy atom. The average Bonchev–Trinajstić information content (AvgIpc) is 3.16. The van der Waals surface area contributed by atoms with Gasteiger partial charge >= 0.3 is 5.97 Å². The molecule has 0 aromatic carbocycles. The Bertz CT molecular complexity index is 381. The lowest BCUT2D eigenvalue weighted by molar-refractivity contribution is -0.139. The summed E-state index contributed by atoms with van der Waals surface area (Å²) in [5.41, 5.74) is 0. The molecule has 0 spiro atoms. The van der Waals surface area contributed by atoms with Crippen molar-refractivity contribution in [2.24, 2.45) is 5.92 Å². The van der Waals surface area contributed by atoms with Gasteiger partial charge in [-0.1, -0.05) is 12.8 Å². The topological polar surface area (TPSA) is 69.6 Å². The molecule has 0 radical (unpaired) electrons. The van der Waals surface area contributed by atoms with Gasteiger partial charge in [0.05, 0.1) is 12.5 Å². The van der Waals surface area contributed by atoms with Crippen LogP contribution in [-0.2, 0) is 9.59 Å². The fraction of sp³-hybridized carbons (Fsp3) is 0.867. The van der Waals surface area contributed by atoms with Gasteiger partial charge < -0.3 is 15.3 Å². The summed E-state index contributed by atoms with van der Waals surface area (Å²) in [4.78, 5) is 25.2. The standard InChI is InChI=1S/C15H24N2O3/c18-14(19)7-8-17(11-5-6-11)15(20)13-9-10-3-1-2-4-12(10)16-13/h10-13,16H,1-9H2,(H,18,19). The first-order valence-electron chi connectivity index (χ1n) is 7.93. The number of carboxylic acid groups (broad SMARTS) is 1. The maximum Gasteiger partial charge on any atom is 0.305 e. The van der Waals surface area contributed by atoms with Crippen LogP contribution in [0.25, 0.3) is 0 Å². The Hall–Kier alpha value is -1.10. The molecule has 2 saturated carbocycles. The van der Waals surface area contributed by atoms with Crippen LogP contribution in [0, 0.1) is 5.92 Å². The molecule has 0 bridgehead atoms. The summed E-state index contributed by atoms with van der Waals surface area (Å²) in [6, 6.07) is 0.738. The molecule has 1 amide bonds. The van der Waals surface area contributed by atoms with Crippen LogP contribution in [0.1, 0.15) is 51.4 Å². The number of hydrogen-bond acceptors (Lipinski definition) is 3. The lowest BCUT2D eigenvalue weighted by Gasteiger charge is -2.26. The second kappa shape index (κ2) is 5.72. The number of hydrogen-bond donors (Lipinski definition) is 2. The van der Waals surface area contributed by atoms with Crippen LogP contribution in [-0.4, -0.2) is 46.6 Å². The first-order chi connectivity index (χ1) is 9.65. The Morgan fingerprint density at radius 2 is 1.90 bits per heavy atom. The van der Waals surface area contributed by atoms with Crippen LogP contribution in [0.15, 0.2) is 0 Å². The Morgan fingerprint density at radius 3 is 2.55 bits per heavy atom. The van der Waals surface area contributed by atoms with Crippen LogP contribution in [0.2, 0.25) is 0 Å². The van der Waals surface area contributed by atoms with E-state index >= 15 is 0 Å². The summed E-state index contributed by atoms with van der Waals surface area (Å²) in [5, 5.41) is 12.3. The minimum absolute atomic E-state index is 0.0574. The van der Waals surface area contributed by atoms with Crippen molar-refractivity contribution in [3.05, 3.63) is 0 Å². The molecule has 0 aromatic heterocycles. The quantitative estimate of drug-likeness (QED) is 0.798. The zero-order valence-electron chi connectivity index (χ0n) is 11.9. The first kappa shape index (κ1) is 13.9. The van der Waals surface area contributed by atoms with E-state index in [4.69, 9.17) is 5.11 Å². The molecule has 1 saturated heterocycles. The van der Waals surface area contributed by atoms with Crippen LogP contribution >= 0.6 is 0 Å². The molecule has 3 aliphatic rings. The number of fused-ring (bicyclic) bond motifs is 1. The third-order valence-corrected chi connectivity index (χ3v) is 5.00. The fourth-order valence-electron chi connectivity index (χ4n) is 3.79. The van der Waals surface area contributed by atoms with Crippen molar-refractivity contribution in [1.82, 2.24) is 10.2 Å². The molecule has 1 heterocycles. The number of aliphatic carboxylic acids is 1. The highest BCUT2D eigenvalue weighted by Gasteiger charge is 2.42. The van der Waals surface area contributed by atoms with E-state index in [1.165, 1.54) is 25.7 Å². The normalized spacial score (nSPS) is 32.7. The molecule has 0 aromatic rings. The summed E-state index contributed by atoms with van der Waals surface area (Å²) in [6.45, 7) is 0.367. The predicted octanol–water partition coefficient (Wildman–Crippen LogP) is 1.37. The summed E-state index contributed by atoms with van der Waals surface area (Å²) in [5.74, 6) is -0.0297.